The lowest BCUT2D eigenvalue weighted by molar-refractivity contribution is 0.191. The molecule has 1 aromatic rings. The van der Waals surface area contributed by atoms with Crippen LogP contribution in [-0.2, 0) is 15.6 Å². The zero-order valence-electron chi connectivity index (χ0n) is 16.1. The molecule has 0 amide bonds. The van der Waals surface area contributed by atoms with Crippen LogP contribution in [-0.4, -0.2) is 20.8 Å². The minimum atomic E-state index is -3.40. The summed E-state index contributed by atoms with van der Waals surface area (Å²) in [6.45, 7) is 8.43. The Morgan fingerprint density at radius 1 is 1.27 bits per heavy atom. The predicted molar refractivity (Wildman–Crippen MR) is 103 cm³/mol. The summed E-state index contributed by atoms with van der Waals surface area (Å²) in [6.07, 6.45) is 6.64. The Morgan fingerprint density at radius 3 is 2.54 bits per heavy atom. The quantitative estimate of drug-likeness (QED) is 0.638. The highest BCUT2D eigenvalue weighted by molar-refractivity contribution is 7.89. The third kappa shape index (κ3) is 6.09. The van der Waals surface area contributed by atoms with Gasteiger partial charge in [-0.2, -0.15) is 0 Å². The molecule has 0 unspecified atom stereocenters. The highest BCUT2D eigenvalue weighted by atomic mass is 32.2. The first-order chi connectivity index (χ1) is 12.1. The number of nitrogens with one attached hydrogen (secondary N) is 1. The Balaban J connectivity index is 2.10. The fraction of sp³-hybridized carbons (Fsp3) is 0.600. The Morgan fingerprint density at radius 2 is 1.96 bits per heavy atom. The molecule has 1 N–H and O–H groups in total. The first-order valence-electron chi connectivity index (χ1n) is 9.16. The number of rotatable bonds is 9. The summed E-state index contributed by atoms with van der Waals surface area (Å²) in [5.41, 5.74) is 0.0456. The molecule has 26 heavy (non-hydrogen) atoms. The van der Waals surface area contributed by atoms with Gasteiger partial charge in [0.15, 0.2) is 11.6 Å². The summed E-state index contributed by atoms with van der Waals surface area (Å²) in [7, 11) is -3.40. The van der Waals surface area contributed by atoms with Crippen molar-refractivity contribution in [3.8, 4) is 5.75 Å². The molecular formula is C20H30FNO3S. The van der Waals surface area contributed by atoms with Crippen LogP contribution in [0.2, 0.25) is 0 Å². The Bertz CT molecular complexity index is 747. The molecule has 0 radical (unpaired) electrons. The van der Waals surface area contributed by atoms with Crippen molar-refractivity contribution in [2.45, 2.75) is 58.9 Å². The molecule has 1 saturated carbocycles. The van der Waals surface area contributed by atoms with Crippen LogP contribution in [0.15, 0.2) is 30.4 Å². The van der Waals surface area contributed by atoms with Gasteiger partial charge in [-0.15, -0.1) is 0 Å². The van der Waals surface area contributed by atoms with Gasteiger partial charge in [0.05, 0.1) is 17.9 Å². The van der Waals surface area contributed by atoms with Crippen LogP contribution in [0.5, 0.6) is 5.75 Å². The van der Waals surface area contributed by atoms with Gasteiger partial charge >= 0.3 is 0 Å². The molecule has 0 aromatic heterocycles. The molecule has 1 aromatic carbocycles. The fourth-order valence-corrected chi connectivity index (χ4v) is 4.10. The maximum Gasteiger partial charge on any atom is 0.212 e. The van der Waals surface area contributed by atoms with Crippen molar-refractivity contribution in [1.82, 2.24) is 4.72 Å². The minimum Gasteiger partial charge on any atom is -0.490 e. The molecule has 4 nitrogen and oxygen atoms in total. The zero-order valence-corrected chi connectivity index (χ0v) is 17.0. The zero-order chi connectivity index (χ0) is 19.4. The lowest BCUT2D eigenvalue weighted by Crippen LogP contribution is -2.36. The standard InChI is InChI=1S/C20H30FNO3S/c1-5-6-7-8-13-26(23,24)22-20(11-12-20)16-9-10-17(21)18(14-16)25-15-19(2,3)4/h6-7,9-10,14,22H,5,8,11-13,15H2,1-4H3/b7-6+. The van der Waals surface area contributed by atoms with Crippen LogP contribution in [0.25, 0.3) is 0 Å². The van der Waals surface area contributed by atoms with Gasteiger partial charge in [0, 0.05) is 0 Å². The van der Waals surface area contributed by atoms with Gasteiger partial charge in [-0.25, -0.2) is 17.5 Å². The van der Waals surface area contributed by atoms with E-state index >= 15 is 0 Å². The van der Waals surface area contributed by atoms with E-state index in [9.17, 15) is 12.8 Å². The van der Waals surface area contributed by atoms with E-state index in [1.54, 1.807) is 12.1 Å². The van der Waals surface area contributed by atoms with Crippen molar-refractivity contribution in [1.29, 1.82) is 0 Å². The van der Waals surface area contributed by atoms with Gasteiger partial charge in [0.25, 0.3) is 0 Å². The van der Waals surface area contributed by atoms with E-state index in [1.807, 2.05) is 39.8 Å². The van der Waals surface area contributed by atoms with E-state index < -0.39 is 21.4 Å². The second-order valence-corrected chi connectivity index (χ2v) is 10.0. The fourth-order valence-electron chi connectivity index (χ4n) is 2.64. The molecule has 0 aliphatic heterocycles. The molecule has 0 saturated heterocycles. The molecule has 2 rings (SSSR count). The first kappa shape index (κ1) is 20.9. The molecule has 1 fully saturated rings. The van der Waals surface area contributed by atoms with Crippen molar-refractivity contribution >= 4 is 10.0 Å². The van der Waals surface area contributed by atoms with Crippen LogP contribution < -0.4 is 9.46 Å². The molecule has 0 heterocycles. The predicted octanol–water partition coefficient (Wildman–Crippen LogP) is 4.52. The summed E-state index contributed by atoms with van der Waals surface area (Å²) >= 11 is 0. The Kier molecular flexibility index (Phi) is 6.51. The number of halogens is 1. The molecular weight excluding hydrogens is 353 g/mol. The van der Waals surface area contributed by atoms with Gasteiger partial charge in [0.2, 0.25) is 10.0 Å². The molecule has 6 heteroatoms. The molecule has 1 aliphatic rings. The van der Waals surface area contributed by atoms with E-state index in [0.29, 0.717) is 25.9 Å². The Hall–Kier alpha value is -1.40. The second-order valence-electron chi connectivity index (χ2n) is 8.17. The van der Waals surface area contributed by atoms with E-state index in [1.165, 1.54) is 6.07 Å². The maximum absolute atomic E-state index is 14.1. The van der Waals surface area contributed by atoms with Crippen molar-refractivity contribution in [2.24, 2.45) is 5.41 Å². The third-order valence-corrected chi connectivity index (χ3v) is 5.68. The van der Waals surface area contributed by atoms with Crippen molar-refractivity contribution in [3.63, 3.8) is 0 Å². The van der Waals surface area contributed by atoms with Gasteiger partial charge in [0.1, 0.15) is 0 Å². The maximum atomic E-state index is 14.1. The van der Waals surface area contributed by atoms with Crippen molar-refractivity contribution in [3.05, 3.63) is 41.7 Å². The molecule has 1 aliphatic carbocycles. The van der Waals surface area contributed by atoms with Crippen molar-refractivity contribution < 1.29 is 17.5 Å². The topological polar surface area (TPSA) is 55.4 Å². The Labute approximate surface area is 156 Å². The average Bonchev–Trinajstić information content (AvgIpc) is 3.30. The van der Waals surface area contributed by atoms with Crippen LogP contribution in [0.4, 0.5) is 4.39 Å². The van der Waals surface area contributed by atoms with Crippen LogP contribution in [0, 0.1) is 11.2 Å². The number of allylic oxidation sites excluding steroid dienone is 2. The van der Waals surface area contributed by atoms with Crippen molar-refractivity contribution in [2.75, 3.05) is 12.4 Å². The van der Waals surface area contributed by atoms with Gasteiger partial charge < -0.3 is 4.74 Å². The monoisotopic (exact) mass is 383 g/mol. The van der Waals surface area contributed by atoms with Crippen LogP contribution in [0.3, 0.4) is 0 Å². The third-order valence-electron chi connectivity index (χ3n) is 4.20. The summed E-state index contributed by atoms with van der Waals surface area (Å²) < 4.78 is 47.3. The smallest absolute Gasteiger partial charge is 0.212 e. The molecule has 0 bridgehead atoms. The molecule has 146 valence electrons. The summed E-state index contributed by atoms with van der Waals surface area (Å²) in [4.78, 5) is 0. The van der Waals surface area contributed by atoms with Gasteiger partial charge in [-0.1, -0.05) is 45.9 Å². The lowest BCUT2D eigenvalue weighted by Gasteiger charge is -2.21. The van der Waals surface area contributed by atoms with Crippen LogP contribution in [0.1, 0.15) is 58.9 Å². The van der Waals surface area contributed by atoms with E-state index in [0.717, 1.165) is 12.0 Å². The van der Waals surface area contributed by atoms with E-state index in [2.05, 4.69) is 4.72 Å². The minimum absolute atomic E-state index is 0.0554. The van der Waals surface area contributed by atoms with E-state index in [-0.39, 0.29) is 16.9 Å². The summed E-state index contributed by atoms with van der Waals surface area (Å²) in [5, 5.41) is 0. The van der Waals surface area contributed by atoms with Crippen LogP contribution >= 0.6 is 0 Å². The number of ether oxygens (including phenoxy) is 1. The highest BCUT2D eigenvalue weighted by Gasteiger charge is 2.47. The largest absolute Gasteiger partial charge is 0.490 e. The lowest BCUT2D eigenvalue weighted by atomic mass is 9.98. The molecule has 0 atom stereocenters. The number of hydrogen-bond acceptors (Lipinski definition) is 3. The number of benzene rings is 1. The summed E-state index contributed by atoms with van der Waals surface area (Å²) in [5.74, 6) is -0.199. The average molecular weight is 384 g/mol. The second kappa shape index (κ2) is 8.09. The van der Waals surface area contributed by atoms with E-state index in [4.69, 9.17) is 4.74 Å². The van der Waals surface area contributed by atoms with Gasteiger partial charge in [-0.05, 0) is 48.8 Å². The highest BCUT2D eigenvalue weighted by Crippen LogP contribution is 2.47. The number of sulfonamides is 1. The number of hydrogen-bond donors (Lipinski definition) is 1. The normalized spacial score (nSPS) is 16.8. The SMILES string of the molecule is CC/C=C/CCS(=O)(=O)NC1(c2ccc(F)c(OCC(C)(C)C)c2)CC1. The first-order valence-corrected chi connectivity index (χ1v) is 10.8. The van der Waals surface area contributed by atoms with Gasteiger partial charge in [-0.3, -0.25) is 0 Å². The molecule has 0 spiro atoms. The summed E-state index contributed by atoms with van der Waals surface area (Å²) in [6, 6.07) is 4.63.